The Balaban J connectivity index is 1.78. The normalized spacial score (nSPS) is 16.0. The Kier molecular flexibility index (Phi) is 3.37. The van der Waals surface area contributed by atoms with Crippen molar-refractivity contribution in [1.29, 1.82) is 0 Å². The Morgan fingerprint density at radius 3 is 2.90 bits per heavy atom. The number of carbonyl (C=O) groups is 1. The van der Waals surface area contributed by atoms with Crippen molar-refractivity contribution in [2.45, 2.75) is 32.5 Å². The van der Waals surface area contributed by atoms with E-state index in [1.54, 1.807) is 24.4 Å². The minimum absolute atomic E-state index is 0.109. The van der Waals surface area contributed by atoms with Crippen LogP contribution in [-0.4, -0.2) is 16.4 Å². The van der Waals surface area contributed by atoms with E-state index in [4.69, 9.17) is 9.47 Å². The van der Waals surface area contributed by atoms with Crippen molar-refractivity contribution >= 4 is 5.78 Å². The fraction of sp³-hybridized carbons (Fsp3) is 0.294. The highest BCUT2D eigenvalue weighted by atomic mass is 16.5. The lowest BCUT2D eigenvalue weighted by Gasteiger charge is -2.31. The number of ketones is 1. The first-order valence-electron chi connectivity index (χ1n) is 6.92. The zero-order valence-electron chi connectivity index (χ0n) is 12.1. The van der Waals surface area contributed by atoms with Gasteiger partial charge >= 0.3 is 0 Å². The van der Waals surface area contributed by atoms with E-state index in [0.29, 0.717) is 30.1 Å². The van der Waals surface area contributed by atoms with Crippen molar-refractivity contribution in [3.8, 4) is 11.5 Å². The Bertz CT molecular complexity index is 665. The molecule has 0 radical (unpaired) electrons. The van der Waals surface area contributed by atoms with Gasteiger partial charge in [0.15, 0.2) is 5.78 Å². The molecule has 0 spiro atoms. The molecule has 4 nitrogen and oxygen atoms in total. The van der Waals surface area contributed by atoms with Crippen LogP contribution in [0, 0.1) is 0 Å². The van der Waals surface area contributed by atoms with Crippen molar-refractivity contribution < 1.29 is 14.3 Å². The summed E-state index contributed by atoms with van der Waals surface area (Å²) in [6, 6.07) is 11.0. The summed E-state index contributed by atoms with van der Waals surface area (Å²) in [5.41, 5.74) is 1.01. The van der Waals surface area contributed by atoms with Crippen LogP contribution in [0.15, 0.2) is 42.6 Å². The second-order valence-corrected chi connectivity index (χ2v) is 5.73. The van der Waals surface area contributed by atoms with E-state index >= 15 is 0 Å². The number of fused-ring (bicyclic) bond motifs is 1. The van der Waals surface area contributed by atoms with Gasteiger partial charge in [-0.3, -0.25) is 9.78 Å². The molecule has 0 saturated carbocycles. The summed E-state index contributed by atoms with van der Waals surface area (Å²) in [4.78, 5) is 16.3. The topological polar surface area (TPSA) is 48.4 Å². The number of hydrogen-bond acceptors (Lipinski definition) is 4. The molecule has 1 aliphatic rings. The van der Waals surface area contributed by atoms with Crippen LogP contribution in [-0.2, 0) is 6.61 Å². The zero-order chi connectivity index (χ0) is 14.9. The van der Waals surface area contributed by atoms with E-state index in [1.165, 1.54) is 0 Å². The number of hydrogen-bond donors (Lipinski definition) is 0. The lowest BCUT2D eigenvalue weighted by Crippen LogP contribution is -2.35. The average Bonchev–Trinajstić information content (AvgIpc) is 2.44. The molecule has 4 heteroatoms. The van der Waals surface area contributed by atoms with Crippen LogP contribution in [0.25, 0.3) is 0 Å². The third kappa shape index (κ3) is 3.05. The molecule has 108 valence electrons. The molecule has 0 N–H and O–H groups in total. The minimum Gasteiger partial charge on any atom is -0.487 e. The third-order valence-electron chi connectivity index (χ3n) is 3.34. The van der Waals surface area contributed by atoms with Crippen LogP contribution in [0.4, 0.5) is 0 Å². The lowest BCUT2D eigenvalue weighted by atomic mass is 9.93. The fourth-order valence-corrected chi connectivity index (χ4v) is 2.36. The van der Waals surface area contributed by atoms with Crippen LogP contribution >= 0.6 is 0 Å². The predicted octanol–water partition coefficient (Wildman–Crippen LogP) is 3.40. The average molecular weight is 283 g/mol. The quantitative estimate of drug-likeness (QED) is 0.866. The summed E-state index contributed by atoms with van der Waals surface area (Å²) in [6.45, 7) is 4.21. The molecule has 0 fully saturated rings. The molecule has 0 aliphatic carbocycles. The smallest absolute Gasteiger partial charge is 0.170 e. The summed E-state index contributed by atoms with van der Waals surface area (Å²) in [7, 11) is 0. The van der Waals surface area contributed by atoms with Gasteiger partial charge < -0.3 is 9.47 Å². The Hall–Kier alpha value is -2.36. The predicted molar refractivity (Wildman–Crippen MR) is 78.7 cm³/mol. The van der Waals surface area contributed by atoms with Crippen LogP contribution in [0.5, 0.6) is 11.5 Å². The van der Waals surface area contributed by atoms with E-state index in [2.05, 4.69) is 4.98 Å². The van der Waals surface area contributed by atoms with Crippen molar-refractivity contribution in [3.63, 3.8) is 0 Å². The van der Waals surface area contributed by atoms with Crippen molar-refractivity contribution in [1.82, 2.24) is 4.98 Å². The molecule has 2 aromatic rings. The largest absolute Gasteiger partial charge is 0.487 e. The SMILES string of the molecule is CC1(C)CC(=O)c2ccc(OCc3ccccn3)cc2O1. The Labute approximate surface area is 123 Å². The highest BCUT2D eigenvalue weighted by Crippen LogP contribution is 2.35. The highest BCUT2D eigenvalue weighted by Gasteiger charge is 2.32. The number of aromatic nitrogens is 1. The monoisotopic (exact) mass is 283 g/mol. The maximum atomic E-state index is 12.1. The van der Waals surface area contributed by atoms with Crippen LogP contribution in [0.3, 0.4) is 0 Å². The second-order valence-electron chi connectivity index (χ2n) is 5.73. The van der Waals surface area contributed by atoms with Gasteiger partial charge in [0.1, 0.15) is 23.7 Å². The van der Waals surface area contributed by atoms with Crippen LogP contribution in [0.2, 0.25) is 0 Å². The summed E-state index contributed by atoms with van der Waals surface area (Å²) >= 11 is 0. The molecule has 0 amide bonds. The molecule has 3 rings (SSSR count). The fourth-order valence-electron chi connectivity index (χ4n) is 2.36. The van der Waals surface area contributed by atoms with Crippen molar-refractivity contribution in [3.05, 3.63) is 53.9 Å². The molecule has 1 aromatic heterocycles. The molecule has 0 saturated heterocycles. The lowest BCUT2D eigenvalue weighted by molar-refractivity contribution is 0.0618. The number of ether oxygens (including phenoxy) is 2. The number of carbonyl (C=O) groups excluding carboxylic acids is 1. The van der Waals surface area contributed by atoms with Crippen LogP contribution < -0.4 is 9.47 Å². The number of nitrogens with zero attached hydrogens (tertiary/aromatic N) is 1. The van der Waals surface area contributed by atoms with Crippen molar-refractivity contribution in [2.24, 2.45) is 0 Å². The first-order chi connectivity index (χ1) is 10.0. The summed E-state index contributed by atoms with van der Waals surface area (Å²) in [6.07, 6.45) is 2.13. The Morgan fingerprint density at radius 2 is 2.14 bits per heavy atom. The summed E-state index contributed by atoms with van der Waals surface area (Å²) in [5.74, 6) is 1.37. The molecule has 2 heterocycles. The van der Waals surface area contributed by atoms with Gasteiger partial charge in [-0.1, -0.05) is 6.07 Å². The van der Waals surface area contributed by atoms with Gasteiger partial charge in [0.25, 0.3) is 0 Å². The van der Waals surface area contributed by atoms with Gasteiger partial charge in [-0.15, -0.1) is 0 Å². The van der Waals surface area contributed by atoms with E-state index in [-0.39, 0.29) is 5.78 Å². The van der Waals surface area contributed by atoms with E-state index in [9.17, 15) is 4.79 Å². The van der Waals surface area contributed by atoms with Gasteiger partial charge in [0.05, 0.1) is 17.7 Å². The number of pyridine rings is 1. The molecule has 0 unspecified atom stereocenters. The maximum absolute atomic E-state index is 12.1. The number of benzene rings is 1. The summed E-state index contributed by atoms with van der Waals surface area (Å²) in [5, 5.41) is 0. The van der Waals surface area contributed by atoms with E-state index < -0.39 is 5.60 Å². The van der Waals surface area contributed by atoms with Gasteiger partial charge in [-0.2, -0.15) is 0 Å². The minimum atomic E-state index is -0.469. The van der Waals surface area contributed by atoms with E-state index in [0.717, 1.165) is 5.69 Å². The molecule has 21 heavy (non-hydrogen) atoms. The van der Waals surface area contributed by atoms with Crippen molar-refractivity contribution in [2.75, 3.05) is 0 Å². The zero-order valence-corrected chi connectivity index (χ0v) is 12.1. The molecule has 0 bridgehead atoms. The highest BCUT2D eigenvalue weighted by molar-refractivity contribution is 6.00. The van der Waals surface area contributed by atoms with Gasteiger partial charge in [0, 0.05) is 12.3 Å². The second kappa shape index (κ2) is 5.20. The van der Waals surface area contributed by atoms with Gasteiger partial charge in [-0.25, -0.2) is 0 Å². The molecule has 1 aliphatic heterocycles. The first kappa shape index (κ1) is 13.6. The molecular formula is C17H17NO3. The standard InChI is InChI=1S/C17H17NO3/c1-17(2)10-15(19)14-7-6-13(9-16(14)21-17)20-11-12-5-3-4-8-18-12/h3-9H,10-11H2,1-2H3. The molecule has 1 aromatic carbocycles. The van der Waals surface area contributed by atoms with Crippen LogP contribution in [0.1, 0.15) is 36.3 Å². The number of Topliss-reactive ketones (excluding diaryl/α,β-unsaturated/α-hetero) is 1. The maximum Gasteiger partial charge on any atom is 0.170 e. The van der Waals surface area contributed by atoms with E-state index in [1.807, 2.05) is 32.0 Å². The van der Waals surface area contributed by atoms with Gasteiger partial charge in [-0.05, 0) is 38.1 Å². The number of rotatable bonds is 3. The third-order valence-corrected chi connectivity index (χ3v) is 3.34. The Morgan fingerprint density at radius 1 is 1.29 bits per heavy atom. The molecular weight excluding hydrogens is 266 g/mol. The van der Waals surface area contributed by atoms with Gasteiger partial charge in [0.2, 0.25) is 0 Å². The molecule has 0 atom stereocenters. The first-order valence-corrected chi connectivity index (χ1v) is 6.92. The summed E-state index contributed by atoms with van der Waals surface area (Å²) < 4.78 is 11.6.